The summed E-state index contributed by atoms with van der Waals surface area (Å²) in [6.07, 6.45) is 4.38. The van der Waals surface area contributed by atoms with Crippen molar-refractivity contribution in [2.45, 2.75) is 26.8 Å². The van der Waals surface area contributed by atoms with Crippen molar-refractivity contribution >= 4 is 11.8 Å². The van der Waals surface area contributed by atoms with Crippen LogP contribution in [0.5, 0.6) is 0 Å². The molecular weight excluding hydrogens is 154 g/mol. The van der Waals surface area contributed by atoms with Gasteiger partial charge in [0.15, 0.2) is 0 Å². The Bertz CT molecular complexity index is 110. The third kappa shape index (κ3) is 6.29. The molecule has 0 aliphatic carbocycles. The molecular formula is C9H19NS. The molecule has 0 fully saturated rings. The molecule has 0 bridgehead atoms. The van der Waals surface area contributed by atoms with Gasteiger partial charge in [0.05, 0.1) is 0 Å². The fourth-order valence-corrected chi connectivity index (χ4v) is 1.03. The van der Waals surface area contributed by atoms with Crippen molar-refractivity contribution in [3.63, 3.8) is 0 Å². The highest BCUT2D eigenvalue weighted by Gasteiger charge is 1.93. The van der Waals surface area contributed by atoms with Crippen LogP contribution in [0.3, 0.4) is 0 Å². The Morgan fingerprint density at radius 1 is 1.45 bits per heavy atom. The quantitative estimate of drug-likeness (QED) is 0.588. The summed E-state index contributed by atoms with van der Waals surface area (Å²) >= 11 is 1.95. The third-order valence-electron chi connectivity index (χ3n) is 1.57. The molecule has 0 spiro atoms. The number of rotatable bonds is 5. The average molecular weight is 173 g/mol. The van der Waals surface area contributed by atoms with Gasteiger partial charge >= 0.3 is 0 Å². The highest BCUT2D eigenvalue weighted by molar-refractivity contribution is 7.99. The van der Waals surface area contributed by atoms with Crippen LogP contribution in [0.2, 0.25) is 0 Å². The van der Waals surface area contributed by atoms with Gasteiger partial charge in [-0.3, -0.25) is 0 Å². The molecule has 0 aliphatic heterocycles. The van der Waals surface area contributed by atoms with E-state index in [1.54, 1.807) is 0 Å². The van der Waals surface area contributed by atoms with Crippen LogP contribution in [0.15, 0.2) is 12.3 Å². The smallest absolute Gasteiger partial charge is 0.0224 e. The summed E-state index contributed by atoms with van der Waals surface area (Å²) in [5.74, 6) is 2.34. The van der Waals surface area contributed by atoms with E-state index < -0.39 is 0 Å². The lowest BCUT2D eigenvalue weighted by Crippen LogP contribution is -2.19. The fourth-order valence-electron chi connectivity index (χ4n) is 0.567. The predicted molar refractivity (Wildman–Crippen MR) is 55.0 cm³/mol. The zero-order valence-corrected chi connectivity index (χ0v) is 8.82. The SMILES string of the molecule is CCSC/C=C\N(C)C(C)C. The van der Waals surface area contributed by atoms with Crippen LogP contribution in [0.4, 0.5) is 0 Å². The van der Waals surface area contributed by atoms with Gasteiger partial charge < -0.3 is 4.90 Å². The maximum atomic E-state index is 2.22. The molecule has 0 saturated carbocycles. The van der Waals surface area contributed by atoms with Crippen molar-refractivity contribution in [1.29, 1.82) is 0 Å². The number of hydrogen-bond donors (Lipinski definition) is 0. The van der Waals surface area contributed by atoms with E-state index in [2.05, 4.69) is 45.0 Å². The minimum atomic E-state index is 0.609. The largest absolute Gasteiger partial charge is 0.378 e. The second kappa shape index (κ2) is 6.59. The molecule has 2 heteroatoms. The second-order valence-corrected chi connectivity index (χ2v) is 4.12. The van der Waals surface area contributed by atoms with Crippen molar-refractivity contribution < 1.29 is 0 Å². The molecule has 0 amide bonds. The maximum absolute atomic E-state index is 2.22. The lowest BCUT2D eigenvalue weighted by Gasteiger charge is -2.18. The van der Waals surface area contributed by atoms with Crippen LogP contribution in [0.25, 0.3) is 0 Å². The summed E-state index contributed by atoms with van der Waals surface area (Å²) in [5.41, 5.74) is 0. The molecule has 0 aliphatic rings. The normalized spacial score (nSPS) is 11.4. The number of nitrogens with zero attached hydrogens (tertiary/aromatic N) is 1. The first-order valence-electron chi connectivity index (χ1n) is 4.14. The van der Waals surface area contributed by atoms with Gasteiger partial charge in [0.1, 0.15) is 0 Å². The number of hydrogen-bond acceptors (Lipinski definition) is 2. The first-order chi connectivity index (χ1) is 5.18. The molecule has 0 radical (unpaired) electrons. The minimum absolute atomic E-state index is 0.609. The summed E-state index contributed by atoms with van der Waals surface area (Å²) in [5, 5.41) is 0. The van der Waals surface area contributed by atoms with Crippen LogP contribution in [-0.4, -0.2) is 29.5 Å². The summed E-state index contributed by atoms with van der Waals surface area (Å²) in [6.45, 7) is 6.57. The van der Waals surface area contributed by atoms with Crippen LogP contribution >= 0.6 is 11.8 Å². The third-order valence-corrected chi connectivity index (χ3v) is 2.41. The van der Waals surface area contributed by atoms with Gasteiger partial charge in [-0.1, -0.05) is 13.0 Å². The molecule has 1 nitrogen and oxygen atoms in total. The molecule has 0 atom stereocenters. The Morgan fingerprint density at radius 2 is 2.09 bits per heavy atom. The highest BCUT2D eigenvalue weighted by Crippen LogP contribution is 2.00. The molecule has 0 N–H and O–H groups in total. The molecule has 0 rings (SSSR count). The molecule has 0 aromatic rings. The lowest BCUT2D eigenvalue weighted by atomic mass is 10.4. The van der Waals surface area contributed by atoms with Crippen LogP contribution in [0, 0.1) is 0 Å². The van der Waals surface area contributed by atoms with Crippen molar-refractivity contribution in [2.75, 3.05) is 18.6 Å². The van der Waals surface area contributed by atoms with Crippen LogP contribution < -0.4 is 0 Å². The standard InChI is InChI=1S/C9H19NS/c1-5-11-8-6-7-10(4)9(2)3/h6-7,9H,5,8H2,1-4H3/b7-6-. The Morgan fingerprint density at radius 3 is 2.55 bits per heavy atom. The molecule has 0 unspecified atom stereocenters. The summed E-state index contributed by atoms with van der Waals surface area (Å²) in [4.78, 5) is 2.22. The van der Waals surface area contributed by atoms with Crippen LogP contribution in [-0.2, 0) is 0 Å². The van der Waals surface area contributed by atoms with E-state index in [1.165, 1.54) is 5.75 Å². The van der Waals surface area contributed by atoms with Gasteiger partial charge in [-0.2, -0.15) is 11.8 Å². The Kier molecular flexibility index (Phi) is 6.52. The van der Waals surface area contributed by atoms with Gasteiger partial charge in [0, 0.05) is 18.8 Å². The predicted octanol–water partition coefficient (Wildman–Crippen LogP) is 2.59. The monoisotopic (exact) mass is 173 g/mol. The van der Waals surface area contributed by atoms with Crippen molar-refractivity contribution in [3.05, 3.63) is 12.3 Å². The van der Waals surface area contributed by atoms with Gasteiger partial charge in [-0.25, -0.2) is 0 Å². The first-order valence-corrected chi connectivity index (χ1v) is 5.30. The lowest BCUT2D eigenvalue weighted by molar-refractivity contribution is 0.375. The minimum Gasteiger partial charge on any atom is -0.378 e. The zero-order valence-electron chi connectivity index (χ0n) is 8.00. The fraction of sp³-hybridized carbons (Fsp3) is 0.778. The van der Waals surface area contributed by atoms with Gasteiger partial charge in [-0.15, -0.1) is 0 Å². The summed E-state index contributed by atoms with van der Waals surface area (Å²) in [6, 6.07) is 0.609. The van der Waals surface area contributed by atoms with Crippen molar-refractivity contribution in [3.8, 4) is 0 Å². The van der Waals surface area contributed by atoms with E-state index in [4.69, 9.17) is 0 Å². The Labute approximate surface area is 74.9 Å². The maximum Gasteiger partial charge on any atom is 0.0224 e. The van der Waals surface area contributed by atoms with Crippen molar-refractivity contribution in [1.82, 2.24) is 4.90 Å². The molecule has 66 valence electrons. The Balaban J connectivity index is 3.40. The van der Waals surface area contributed by atoms with Crippen LogP contribution in [0.1, 0.15) is 20.8 Å². The van der Waals surface area contributed by atoms with Crippen molar-refractivity contribution in [2.24, 2.45) is 0 Å². The first kappa shape index (κ1) is 10.9. The van der Waals surface area contributed by atoms with E-state index in [0.29, 0.717) is 6.04 Å². The Hall–Kier alpha value is -0.110. The van der Waals surface area contributed by atoms with E-state index in [1.807, 2.05) is 11.8 Å². The van der Waals surface area contributed by atoms with Gasteiger partial charge in [0.2, 0.25) is 0 Å². The van der Waals surface area contributed by atoms with E-state index in [-0.39, 0.29) is 0 Å². The van der Waals surface area contributed by atoms with E-state index >= 15 is 0 Å². The number of thioether (sulfide) groups is 1. The van der Waals surface area contributed by atoms with E-state index in [0.717, 1.165) is 5.75 Å². The topological polar surface area (TPSA) is 3.24 Å². The summed E-state index contributed by atoms with van der Waals surface area (Å²) < 4.78 is 0. The van der Waals surface area contributed by atoms with Gasteiger partial charge in [-0.05, 0) is 25.8 Å². The zero-order chi connectivity index (χ0) is 8.69. The molecule has 0 aromatic heterocycles. The molecule has 0 saturated heterocycles. The molecule has 0 aromatic carbocycles. The molecule has 0 heterocycles. The average Bonchev–Trinajstić information content (AvgIpc) is 1.97. The summed E-state index contributed by atoms with van der Waals surface area (Å²) in [7, 11) is 2.11. The molecule has 11 heavy (non-hydrogen) atoms. The van der Waals surface area contributed by atoms with Gasteiger partial charge in [0.25, 0.3) is 0 Å². The van der Waals surface area contributed by atoms with E-state index in [9.17, 15) is 0 Å². The highest BCUT2D eigenvalue weighted by atomic mass is 32.2. The second-order valence-electron chi connectivity index (χ2n) is 2.80.